The monoisotopic (exact) mass is 103 g/mol. The summed E-state index contributed by atoms with van der Waals surface area (Å²) in [6.45, 7) is 2.96. The molecule has 0 saturated carbocycles. The van der Waals surface area contributed by atoms with E-state index in [-0.39, 0.29) is 9.90 Å². The minimum Gasteiger partial charge on any atom is -0.478 e. The lowest BCUT2D eigenvalue weighted by Gasteiger charge is -1.64. The number of hydrogen-bond acceptors (Lipinski definition) is 1. The van der Waals surface area contributed by atoms with Crippen LogP contribution < -0.4 is 0 Å². The van der Waals surface area contributed by atoms with Gasteiger partial charge >= 0.3 is 5.97 Å². The van der Waals surface area contributed by atoms with Gasteiger partial charge in [-0.15, -0.1) is 0 Å². The van der Waals surface area contributed by atoms with Gasteiger partial charge in [0.25, 0.3) is 0 Å². The van der Waals surface area contributed by atoms with E-state index in [4.69, 9.17) is 5.11 Å². The van der Waals surface area contributed by atoms with Crippen LogP contribution in [0.1, 0.15) is 0 Å². The molecule has 0 unspecified atom stereocenters. The van der Waals surface area contributed by atoms with Gasteiger partial charge in [0.15, 0.2) is 0 Å². The molecule has 0 aromatic heterocycles. The van der Waals surface area contributed by atoms with Gasteiger partial charge in [-0.2, -0.15) is 0 Å². The molecule has 0 spiro atoms. The van der Waals surface area contributed by atoms with Gasteiger partial charge in [-0.3, -0.25) is 0 Å². The van der Waals surface area contributed by atoms with Crippen LogP contribution in [0.25, 0.3) is 0 Å². The number of hydrogen-bond donors (Lipinski definition) is 1. The number of rotatable bonds is 1. The fraction of sp³-hybridized carbons (Fsp3) is 0. The van der Waals surface area contributed by atoms with Crippen molar-refractivity contribution in [3.05, 3.63) is 12.7 Å². The van der Waals surface area contributed by atoms with Crippen molar-refractivity contribution in [1.29, 1.82) is 0 Å². The van der Waals surface area contributed by atoms with Gasteiger partial charge in [0.05, 0.1) is 0 Å². The molecule has 0 heterocycles. The lowest BCUT2D eigenvalue weighted by Crippen LogP contribution is -1.82. The summed E-state index contributed by atoms with van der Waals surface area (Å²) >= 11 is 0. The van der Waals surface area contributed by atoms with Gasteiger partial charge in [0.2, 0.25) is 0 Å². The number of carboxylic acid groups (broad SMARTS) is 1. The van der Waals surface area contributed by atoms with Crippen LogP contribution in [0.2, 0.25) is 0 Å². The zero-order chi connectivity index (χ0) is 4.28. The summed E-state index contributed by atoms with van der Waals surface area (Å²) in [6.07, 6.45) is 0.833. The highest BCUT2D eigenvalue weighted by Gasteiger charge is 1.73. The summed E-state index contributed by atoms with van der Waals surface area (Å²) in [5.41, 5.74) is 0. The first kappa shape index (κ1) is 9.16. The van der Waals surface area contributed by atoms with Crippen molar-refractivity contribution in [3.63, 3.8) is 0 Å². The molecule has 6 heavy (non-hydrogen) atoms. The summed E-state index contributed by atoms with van der Waals surface area (Å²) in [6, 6.07) is 0. The Bertz CT molecular complexity index is 59.8. The van der Waals surface area contributed by atoms with E-state index in [1.54, 1.807) is 0 Å². The molecule has 0 bridgehead atoms. The van der Waals surface area contributed by atoms with Crippen LogP contribution in [0.4, 0.5) is 0 Å². The van der Waals surface area contributed by atoms with Crippen LogP contribution in [0.3, 0.4) is 0 Å². The van der Waals surface area contributed by atoms with Crippen LogP contribution >= 0.6 is 9.90 Å². The molecule has 33 valence electrons. The lowest BCUT2D eigenvalue weighted by molar-refractivity contribution is -0.131. The van der Waals surface area contributed by atoms with E-state index >= 15 is 0 Å². The second-order valence-electron chi connectivity index (χ2n) is 0.542. The lowest BCUT2D eigenvalue weighted by atomic mass is 10.7. The smallest absolute Gasteiger partial charge is 0.327 e. The Morgan fingerprint density at radius 3 is 2.00 bits per heavy atom. The molecule has 0 aromatic rings. The molecule has 1 N–H and O–H groups in total. The van der Waals surface area contributed by atoms with E-state index in [1.165, 1.54) is 0 Å². The van der Waals surface area contributed by atoms with Crippen molar-refractivity contribution in [1.82, 2.24) is 0 Å². The maximum Gasteiger partial charge on any atom is 0.327 e. The van der Waals surface area contributed by atoms with E-state index in [0.29, 0.717) is 0 Å². The first-order valence-corrected chi connectivity index (χ1v) is 1.12. The minimum atomic E-state index is -0.981. The van der Waals surface area contributed by atoms with Crippen molar-refractivity contribution >= 4 is 15.9 Å². The molecular formula is C3H4O2P. The summed E-state index contributed by atoms with van der Waals surface area (Å²) in [5, 5.41) is 7.60. The Morgan fingerprint density at radius 1 is 1.83 bits per heavy atom. The molecule has 0 aliphatic rings. The maximum atomic E-state index is 9.25. The first-order chi connectivity index (χ1) is 2.27. The average molecular weight is 103 g/mol. The van der Waals surface area contributed by atoms with Crippen LogP contribution in [0.15, 0.2) is 12.7 Å². The third-order valence-electron chi connectivity index (χ3n) is 0.175. The summed E-state index contributed by atoms with van der Waals surface area (Å²) in [4.78, 5) is 9.25. The second-order valence-corrected chi connectivity index (χ2v) is 0.542. The predicted octanol–water partition coefficient (Wildman–Crippen LogP) is 1.12. The number of aliphatic carboxylic acids is 1. The van der Waals surface area contributed by atoms with Crippen molar-refractivity contribution < 1.29 is 9.90 Å². The highest BCUT2D eigenvalue weighted by molar-refractivity contribution is 6.92. The van der Waals surface area contributed by atoms with Crippen LogP contribution in [0.5, 0.6) is 0 Å². The van der Waals surface area contributed by atoms with Crippen molar-refractivity contribution in [3.8, 4) is 0 Å². The molecule has 0 saturated heterocycles. The van der Waals surface area contributed by atoms with Crippen molar-refractivity contribution in [2.75, 3.05) is 0 Å². The SMILES string of the molecule is C=CC(=O)O.[P]. The van der Waals surface area contributed by atoms with Crippen LogP contribution in [-0.2, 0) is 4.79 Å². The Hall–Kier alpha value is -0.360. The molecule has 0 rings (SSSR count). The van der Waals surface area contributed by atoms with E-state index in [2.05, 4.69) is 6.58 Å². The number of carbonyl (C=O) groups is 1. The largest absolute Gasteiger partial charge is 0.478 e. The number of carboxylic acids is 1. The van der Waals surface area contributed by atoms with Gasteiger partial charge in [0, 0.05) is 16.0 Å². The van der Waals surface area contributed by atoms with E-state index in [0.717, 1.165) is 6.08 Å². The van der Waals surface area contributed by atoms with E-state index in [9.17, 15) is 4.79 Å². The Labute approximate surface area is 39.5 Å². The summed E-state index contributed by atoms with van der Waals surface area (Å²) in [5.74, 6) is -0.981. The standard InChI is InChI=1S/C3H4O2.P/c1-2-3(4)5;/h2H,1H2,(H,4,5);. The van der Waals surface area contributed by atoms with Gasteiger partial charge in [0.1, 0.15) is 0 Å². The maximum absolute atomic E-state index is 9.25. The van der Waals surface area contributed by atoms with Gasteiger partial charge in [-0.25, -0.2) is 4.79 Å². The molecule has 3 radical (unpaired) electrons. The Kier molecular flexibility index (Phi) is 7.09. The topological polar surface area (TPSA) is 37.3 Å². The molecule has 0 atom stereocenters. The molecule has 2 nitrogen and oxygen atoms in total. The fourth-order valence-electron chi connectivity index (χ4n) is 0. The normalized spacial score (nSPS) is 5.33. The van der Waals surface area contributed by atoms with Crippen molar-refractivity contribution in [2.24, 2.45) is 0 Å². The third-order valence-corrected chi connectivity index (χ3v) is 0.175. The zero-order valence-electron chi connectivity index (χ0n) is 3.09. The van der Waals surface area contributed by atoms with Gasteiger partial charge in [-0.05, 0) is 0 Å². The Morgan fingerprint density at radius 2 is 2.00 bits per heavy atom. The van der Waals surface area contributed by atoms with E-state index in [1.807, 2.05) is 0 Å². The molecular weight excluding hydrogens is 99.0 g/mol. The quantitative estimate of drug-likeness (QED) is 0.398. The van der Waals surface area contributed by atoms with Crippen LogP contribution in [-0.4, -0.2) is 11.1 Å². The third kappa shape index (κ3) is 9.43. The summed E-state index contributed by atoms with van der Waals surface area (Å²) in [7, 11) is 0. The van der Waals surface area contributed by atoms with E-state index < -0.39 is 5.97 Å². The Balaban J connectivity index is 0. The fourth-order valence-corrected chi connectivity index (χ4v) is 0. The predicted molar refractivity (Wildman–Crippen MR) is 24.8 cm³/mol. The van der Waals surface area contributed by atoms with Crippen molar-refractivity contribution in [2.45, 2.75) is 0 Å². The molecule has 0 aromatic carbocycles. The highest BCUT2D eigenvalue weighted by atomic mass is 31.0. The van der Waals surface area contributed by atoms with Gasteiger partial charge in [-0.1, -0.05) is 6.58 Å². The first-order valence-electron chi connectivity index (χ1n) is 1.12. The molecule has 0 fully saturated rings. The van der Waals surface area contributed by atoms with Crippen LogP contribution in [0, 0.1) is 0 Å². The van der Waals surface area contributed by atoms with Gasteiger partial charge < -0.3 is 5.11 Å². The highest BCUT2D eigenvalue weighted by Crippen LogP contribution is 1.54. The molecule has 0 aliphatic heterocycles. The molecule has 0 aliphatic carbocycles. The minimum absolute atomic E-state index is 0. The second kappa shape index (κ2) is 4.64. The zero-order valence-corrected chi connectivity index (χ0v) is 3.98. The molecule has 3 heteroatoms. The average Bonchev–Trinajstić information content (AvgIpc) is 1.38. The molecule has 0 amide bonds. The summed E-state index contributed by atoms with van der Waals surface area (Å²) < 4.78 is 0.